The Morgan fingerprint density at radius 2 is 2.00 bits per heavy atom. The summed E-state index contributed by atoms with van der Waals surface area (Å²) in [6.45, 7) is 0. The first-order valence-electron chi connectivity index (χ1n) is 8.65. The Kier molecular flexibility index (Phi) is 4.34. The molecule has 0 aliphatic heterocycles. The minimum absolute atomic E-state index is 0.0510. The van der Waals surface area contributed by atoms with Crippen LogP contribution >= 0.6 is 0 Å². The van der Waals surface area contributed by atoms with E-state index in [1.54, 1.807) is 6.20 Å². The number of nitrogens with zero attached hydrogens (tertiary/aromatic N) is 3. The van der Waals surface area contributed by atoms with Gasteiger partial charge in [0.05, 0.1) is 10.6 Å². The standard InChI is InChI=1S/C16H21F2N5O2S/c1-23(16-13-2-3-19-15(13)20-8-21-16)11-6-10(7-11)22-26(24,25)12-4-9(5-12)14(17)18/h2-3,8-12,14,22H,4-7H2,1H3,(H,19,20,21). The van der Waals surface area contributed by atoms with E-state index < -0.39 is 27.6 Å². The molecule has 2 aromatic rings. The molecule has 142 valence electrons. The Balaban J connectivity index is 1.33. The zero-order chi connectivity index (χ0) is 18.5. The summed E-state index contributed by atoms with van der Waals surface area (Å²) in [4.78, 5) is 13.6. The number of hydrogen-bond acceptors (Lipinski definition) is 5. The molecule has 0 amide bonds. The van der Waals surface area contributed by atoms with Crippen molar-refractivity contribution in [2.24, 2.45) is 5.92 Å². The van der Waals surface area contributed by atoms with E-state index in [4.69, 9.17) is 0 Å². The van der Waals surface area contributed by atoms with Crippen LogP contribution in [0.5, 0.6) is 0 Å². The van der Waals surface area contributed by atoms with E-state index in [9.17, 15) is 17.2 Å². The number of sulfonamides is 1. The number of aromatic nitrogens is 3. The van der Waals surface area contributed by atoms with Crippen LogP contribution < -0.4 is 9.62 Å². The Labute approximate surface area is 150 Å². The molecule has 0 bridgehead atoms. The van der Waals surface area contributed by atoms with E-state index >= 15 is 0 Å². The van der Waals surface area contributed by atoms with Crippen LogP contribution in [-0.4, -0.2) is 54.2 Å². The minimum atomic E-state index is -3.52. The molecular weight excluding hydrogens is 364 g/mol. The number of nitrogens with one attached hydrogen (secondary N) is 2. The van der Waals surface area contributed by atoms with Gasteiger partial charge >= 0.3 is 0 Å². The molecular formula is C16H21F2N5O2S. The third-order valence-corrected chi connectivity index (χ3v) is 7.51. The second-order valence-corrected chi connectivity index (χ2v) is 9.21. The van der Waals surface area contributed by atoms with Crippen molar-refractivity contribution in [1.82, 2.24) is 19.7 Å². The lowest BCUT2D eigenvalue weighted by Crippen LogP contribution is -2.56. The van der Waals surface area contributed by atoms with Crippen LogP contribution in [0.25, 0.3) is 11.0 Å². The molecule has 0 atom stereocenters. The largest absolute Gasteiger partial charge is 0.356 e. The van der Waals surface area contributed by atoms with E-state index in [0.717, 1.165) is 16.9 Å². The van der Waals surface area contributed by atoms with Crippen LogP contribution in [0.1, 0.15) is 25.7 Å². The van der Waals surface area contributed by atoms with Gasteiger partial charge in [0.1, 0.15) is 17.8 Å². The SMILES string of the molecule is CN(c1ncnc2[nH]ccc12)C1CC(NS(=O)(=O)C2CC(C(F)F)C2)C1. The quantitative estimate of drug-likeness (QED) is 0.792. The maximum absolute atomic E-state index is 12.5. The molecule has 2 saturated carbocycles. The summed E-state index contributed by atoms with van der Waals surface area (Å²) in [6, 6.07) is 1.93. The second-order valence-electron chi connectivity index (χ2n) is 7.22. The fraction of sp³-hybridized carbons (Fsp3) is 0.625. The molecule has 0 unspecified atom stereocenters. The molecule has 2 N–H and O–H groups in total. The monoisotopic (exact) mass is 385 g/mol. The topological polar surface area (TPSA) is 91.0 Å². The number of rotatable bonds is 6. The highest BCUT2D eigenvalue weighted by Gasteiger charge is 2.45. The van der Waals surface area contributed by atoms with Gasteiger partial charge in [-0.25, -0.2) is 31.9 Å². The summed E-state index contributed by atoms with van der Waals surface area (Å²) in [5.74, 6) is 0.0275. The van der Waals surface area contributed by atoms with Crippen molar-refractivity contribution in [3.63, 3.8) is 0 Å². The van der Waals surface area contributed by atoms with Gasteiger partial charge in [0, 0.05) is 31.2 Å². The lowest BCUT2D eigenvalue weighted by atomic mass is 9.85. The van der Waals surface area contributed by atoms with Crippen molar-refractivity contribution in [3.05, 3.63) is 18.6 Å². The molecule has 2 aliphatic rings. The van der Waals surface area contributed by atoms with E-state index in [2.05, 4.69) is 19.7 Å². The number of halogens is 2. The van der Waals surface area contributed by atoms with Crippen molar-refractivity contribution >= 4 is 26.9 Å². The van der Waals surface area contributed by atoms with Gasteiger partial charge < -0.3 is 9.88 Å². The number of fused-ring (bicyclic) bond motifs is 1. The highest BCUT2D eigenvalue weighted by atomic mass is 32.2. The average molecular weight is 385 g/mol. The molecule has 7 nitrogen and oxygen atoms in total. The maximum Gasteiger partial charge on any atom is 0.241 e. The maximum atomic E-state index is 12.5. The van der Waals surface area contributed by atoms with Crippen LogP contribution in [0.4, 0.5) is 14.6 Å². The Bertz CT molecular complexity index is 891. The van der Waals surface area contributed by atoms with Gasteiger partial charge in [-0.15, -0.1) is 0 Å². The van der Waals surface area contributed by atoms with Crippen molar-refractivity contribution < 1.29 is 17.2 Å². The molecule has 2 aliphatic carbocycles. The molecule has 10 heteroatoms. The molecule has 0 radical (unpaired) electrons. The number of anilines is 1. The Hall–Kier alpha value is -1.81. The molecule has 2 fully saturated rings. The first kappa shape index (κ1) is 17.6. The van der Waals surface area contributed by atoms with E-state index in [0.29, 0.717) is 12.8 Å². The number of aromatic amines is 1. The van der Waals surface area contributed by atoms with Crippen LogP contribution in [0.15, 0.2) is 18.6 Å². The minimum Gasteiger partial charge on any atom is -0.356 e. The Morgan fingerprint density at radius 1 is 1.27 bits per heavy atom. The Morgan fingerprint density at radius 3 is 2.69 bits per heavy atom. The number of H-pyrrole nitrogens is 1. The highest BCUT2D eigenvalue weighted by Crippen LogP contribution is 2.38. The summed E-state index contributed by atoms with van der Waals surface area (Å²) in [5.41, 5.74) is 0.761. The third-order valence-electron chi connectivity index (χ3n) is 5.59. The summed E-state index contributed by atoms with van der Waals surface area (Å²) in [7, 11) is -1.59. The van der Waals surface area contributed by atoms with Crippen molar-refractivity contribution in [2.45, 2.75) is 49.4 Å². The van der Waals surface area contributed by atoms with Gasteiger partial charge in [-0.3, -0.25) is 0 Å². The van der Waals surface area contributed by atoms with Crippen LogP contribution in [0, 0.1) is 5.92 Å². The number of alkyl halides is 2. The van der Waals surface area contributed by atoms with E-state index in [-0.39, 0.29) is 24.9 Å². The van der Waals surface area contributed by atoms with Gasteiger partial charge in [-0.1, -0.05) is 0 Å². The van der Waals surface area contributed by atoms with Crippen LogP contribution in [0.2, 0.25) is 0 Å². The van der Waals surface area contributed by atoms with Crippen molar-refractivity contribution in [2.75, 3.05) is 11.9 Å². The molecule has 0 aromatic carbocycles. The zero-order valence-electron chi connectivity index (χ0n) is 14.3. The lowest BCUT2D eigenvalue weighted by Gasteiger charge is -2.43. The summed E-state index contributed by atoms with van der Waals surface area (Å²) in [5, 5.41) is 0.242. The predicted octanol–water partition coefficient (Wildman–Crippen LogP) is 1.89. The molecule has 2 aromatic heterocycles. The molecule has 4 rings (SSSR count). The highest BCUT2D eigenvalue weighted by molar-refractivity contribution is 7.90. The fourth-order valence-corrected chi connectivity index (χ4v) is 5.56. The first-order valence-corrected chi connectivity index (χ1v) is 10.2. The second kappa shape index (κ2) is 6.41. The molecule has 0 saturated heterocycles. The molecule has 26 heavy (non-hydrogen) atoms. The zero-order valence-corrected chi connectivity index (χ0v) is 15.1. The molecule has 0 spiro atoms. The van der Waals surface area contributed by atoms with Gasteiger partial charge in [0.25, 0.3) is 0 Å². The molecule has 2 heterocycles. The summed E-state index contributed by atoms with van der Waals surface area (Å²) >= 11 is 0. The van der Waals surface area contributed by atoms with Crippen molar-refractivity contribution in [1.29, 1.82) is 0 Å². The van der Waals surface area contributed by atoms with Crippen molar-refractivity contribution in [3.8, 4) is 0 Å². The van der Waals surface area contributed by atoms with Crippen LogP contribution in [0.3, 0.4) is 0 Å². The average Bonchev–Trinajstić information content (AvgIpc) is 2.96. The number of hydrogen-bond donors (Lipinski definition) is 2. The smallest absolute Gasteiger partial charge is 0.241 e. The van der Waals surface area contributed by atoms with Gasteiger partial charge in [-0.2, -0.15) is 0 Å². The summed E-state index contributed by atoms with van der Waals surface area (Å²) < 4.78 is 52.3. The van der Waals surface area contributed by atoms with Gasteiger partial charge in [0.15, 0.2) is 0 Å². The first-order chi connectivity index (χ1) is 12.3. The lowest BCUT2D eigenvalue weighted by molar-refractivity contribution is 0.0361. The van der Waals surface area contributed by atoms with E-state index in [1.807, 2.05) is 18.0 Å². The summed E-state index contributed by atoms with van der Waals surface area (Å²) in [6.07, 6.45) is 2.30. The normalized spacial score (nSPS) is 28.8. The van der Waals surface area contributed by atoms with E-state index in [1.165, 1.54) is 6.33 Å². The third kappa shape index (κ3) is 3.05. The van der Waals surface area contributed by atoms with Crippen LogP contribution in [-0.2, 0) is 10.0 Å². The predicted molar refractivity (Wildman–Crippen MR) is 93.7 cm³/mol. The fourth-order valence-electron chi connectivity index (χ4n) is 3.71. The van der Waals surface area contributed by atoms with Gasteiger partial charge in [-0.05, 0) is 31.7 Å². The van der Waals surface area contributed by atoms with Gasteiger partial charge in [0.2, 0.25) is 16.4 Å².